The Balaban J connectivity index is 0.000000370. The van der Waals surface area contributed by atoms with Gasteiger partial charge in [0, 0.05) is 0 Å². The van der Waals surface area contributed by atoms with Crippen LogP contribution in [0.5, 0.6) is 0 Å². The third-order valence-electron chi connectivity index (χ3n) is 5.12. The molecule has 3 rings (SSSR count). The SMILES string of the molecule is C=C(/C(=C/C)c1ccccc1C)c1cccc2ccccc12.C=C(C)CCCC. The molecule has 0 aromatic heterocycles. The van der Waals surface area contributed by atoms with Gasteiger partial charge in [0.2, 0.25) is 0 Å². The fourth-order valence-electron chi connectivity index (χ4n) is 3.48. The molecule has 0 heterocycles. The van der Waals surface area contributed by atoms with Gasteiger partial charge in [0.25, 0.3) is 0 Å². The highest BCUT2D eigenvalue weighted by Gasteiger charge is 2.11. The first kappa shape index (κ1) is 22.4. The average molecular weight is 383 g/mol. The molecular formula is C29H34. The van der Waals surface area contributed by atoms with Crippen molar-refractivity contribution in [1.29, 1.82) is 0 Å². The quantitative estimate of drug-likeness (QED) is 0.295. The summed E-state index contributed by atoms with van der Waals surface area (Å²) in [6, 6.07) is 23.4. The summed E-state index contributed by atoms with van der Waals surface area (Å²) >= 11 is 0. The van der Waals surface area contributed by atoms with Crippen LogP contribution in [0.4, 0.5) is 0 Å². The lowest BCUT2D eigenvalue weighted by atomic mass is 9.88. The summed E-state index contributed by atoms with van der Waals surface area (Å²) < 4.78 is 0. The Morgan fingerprint density at radius 1 is 0.862 bits per heavy atom. The molecule has 3 aromatic carbocycles. The zero-order chi connectivity index (χ0) is 21.2. The Kier molecular flexibility index (Phi) is 8.68. The van der Waals surface area contributed by atoms with Gasteiger partial charge in [-0.3, -0.25) is 0 Å². The van der Waals surface area contributed by atoms with Crippen molar-refractivity contribution in [1.82, 2.24) is 0 Å². The van der Waals surface area contributed by atoms with Crippen LogP contribution in [-0.2, 0) is 0 Å². The van der Waals surface area contributed by atoms with E-state index in [1.165, 1.54) is 57.9 Å². The Bertz CT molecular complexity index is 996. The molecule has 3 aromatic rings. The predicted octanol–water partition coefficient (Wildman–Crippen LogP) is 9.02. The highest BCUT2D eigenvalue weighted by Crippen LogP contribution is 2.34. The molecule has 0 fully saturated rings. The summed E-state index contributed by atoms with van der Waals surface area (Å²) in [5.41, 5.74) is 7.32. The molecule has 0 atom stereocenters. The molecule has 0 heteroatoms. The molecule has 0 aliphatic rings. The second-order valence-electron chi connectivity index (χ2n) is 7.58. The molecule has 0 spiro atoms. The number of hydrogen-bond acceptors (Lipinski definition) is 0. The maximum absolute atomic E-state index is 4.40. The fraction of sp³-hybridized carbons (Fsp3) is 0.241. The second-order valence-corrected chi connectivity index (χ2v) is 7.58. The average Bonchev–Trinajstić information content (AvgIpc) is 2.74. The van der Waals surface area contributed by atoms with Gasteiger partial charge in [0.1, 0.15) is 0 Å². The first-order chi connectivity index (χ1) is 14.0. The number of aryl methyl sites for hydroxylation is 1. The molecule has 150 valence electrons. The molecule has 0 saturated carbocycles. The molecule has 0 radical (unpaired) electrons. The van der Waals surface area contributed by atoms with Crippen LogP contribution in [0.15, 0.2) is 91.5 Å². The smallest absolute Gasteiger partial charge is 0.0105 e. The number of allylic oxidation sites excluding steroid dienone is 4. The zero-order valence-electron chi connectivity index (χ0n) is 18.5. The maximum Gasteiger partial charge on any atom is -0.0105 e. The van der Waals surface area contributed by atoms with Crippen LogP contribution in [0, 0.1) is 6.92 Å². The van der Waals surface area contributed by atoms with Crippen molar-refractivity contribution < 1.29 is 0 Å². The number of hydrogen-bond donors (Lipinski definition) is 0. The monoisotopic (exact) mass is 382 g/mol. The number of rotatable bonds is 6. The van der Waals surface area contributed by atoms with Gasteiger partial charge in [-0.1, -0.05) is 98.3 Å². The first-order valence-corrected chi connectivity index (χ1v) is 10.5. The van der Waals surface area contributed by atoms with Crippen molar-refractivity contribution in [2.45, 2.75) is 47.0 Å². The van der Waals surface area contributed by atoms with Gasteiger partial charge in [0.05, 0.1) is 0 Å². The Morgan fingerprint density at radius 3 is 2.10 bits per heavy atom. The van der Waals surface area contributed by atoms with Gasteiger partial charge in [-0.05, 0) is 72.2 Å². The van der Waals surface area contributed by atoms with Crippen LogP contribution in [0.1, 0.15) is 56.7 Å². The van der Waals surface area contributed by atoms with Gasteiger partial charge in [-0.25, -0.2) is 0 Å². The highest BCUT2D eigenvalue weighted by atomic mass is 14.2. The van der Waals surface area contributed by atoms with Crippen LogP contribution >= 0.6 is 0 Å². The lowest BCUT2D eigenvalue weighted by molar-refractivity contribution is 0.789. The molecule has 0 aliphatic carbocycles. The topological polar surface area (TPSA) is 0 Å². The van der Waals surface area contributed by atoms with E-state index in [0.29, 0.717) is 0 Å². The Morgan fingerprint density at radius 2 is 1.48 bits per heavy atom. The molecule has 0 bridgehead atoms. The normalized spacial score (nSPS) is 11.0. The molecule has 0 unspecified atom stereocenters. The van der Waals surface area contributed by atoms with E-state index in [0.717, 1.165) is 5.57 Å². The predicted molar refractivity (Wildman–Crippen MR) is 132 cm³/mol. The Labute approximate surface area is 177 Å². The first-order valence-electron chi connectivity index (χ1n) is 10.5. The van der Waals surface area contributed by atoms with E-state index >= 15 is 0 Å². The second kappa shape index (κ2) is 11.2. The van der Waals surface area contributed by atoms with E-state index in [1.54, 1.807) is 0 Å². The van der Waals surface area contributed by atoms with Crippen molar-refractivity contribution in [2.75, 3.05) is 0 Å². The summed E-state index contributed by atoms with van der Waals surface area (Å²) in [5, 5.41) is 2.50. The van der Waals surface area contributed by atoms with Crippen molar-refractivity contribution in [3.63, 3.8) is 0 Å². The minimum atomic E-state index is 1.08. The van der Waals surface area contributed by atoms with Crippen molar-refractivity contribution >= 4 is 21.9 Å². The summed E-state index contributed by atoms with van der Waals surface area (Å²) in [5.74, 6) is 0. The largest absolute Gasteiger partial charge is 0.100 e. The Hall–Kier alpha value is -2.86. The molecule has 0 aliphatic heterocycles. The summed E-state index contributed by atoms with van der Waals surface area (Å²) in [4.78, 5) is 0. The minimum absolute atomic E-state index is 1.08. The van der Waals surface area contributed by atoms with Crippen LogP contribution in [0.2, 0.25) is 0 Å². The third kappa shape index (κ3) is 6.06. The third-order valence-corrected chi connectivity index (χ3v) is 5.12. The molecule has 0 N–H and O–H groups in total. The zero-order valence-corrected chi connectivity index (χ0v) is 18.5. The minimum Gasteiger partial charge on any atom is -0.100 e. The molecule has 0 amide bonds. The maximum atomic E-state index is 4.40. The summed E-state index contributed by atoms with van der Waals surface area (Å²) in [6.07, 6.45) is 5.95. The van der Waals surface area contributed by atoms with Gasteiger partial charge in [0.15, 0.2) is 0 Å². The van der Waals surface area contributed by atoms with E-state index in [9.17, 15) is 0 Å². The van der Waals surface area contributed by atoms with E-state index in [4.69, 9.17) is 0 Å². The van der Waals surface area contributed by atoms with E-state index in [1.807, 2.05) is 0 Å². The van der Waals surface area contributed by atoms with Crippen LogP contribution < -0.4 is 0 Å². The molecule has 0 saturated heterocycles. The van der Waals surface area contributed by atoms with Crippen molar-refractivity contribution in [3.8, 4) is 0 Å². The summed E-state index contributed by atoms with van der Waals surface area (Å²) in [7, 11) is 0. The molecular weight excluding hydrogens is 348 g/mol. The summed E-state index contributed by atoms with van der Waals surface area (Å²) in [6.45, 7) is 16.7. The standard InChI is InChI=1S/C22H20.C7H14/c1-4-19(20-13-7-5-10-16(20)2)17(3)21-15-9-12-18-11-6-8-14-22(18)21;1-4-5-6-7(2)3/h4-15H,3H2,1-2H3;2,4-6H2,1,3H3/b19-4-;. The van der Waals surface area contributed by atoms with Gasteiger partial charge < -0.3 is 0 Å². The van der Waals surface area contributed by atoms with Gasteiger partial charge in [-0.15, -0.1) is 6.58 Å². The fourth-order valence-corrected chi connectivity index (χ4v) is 3.48. The van der Waals surface area contributed by atoms with Crippen LogP contribution in [-0.4, -0.2) is 0 Å². The molecule has 0 nitrogen and oxygen atoms in total. The van der Waals surface area contributed by atoms with Gasteiger partial charge >= 0.3 is 0 Å². The van der Waals surface area contributed by atoms with Gasteiger partial charge in [-0.2, -0.15) is 0 Å². The van der Waals surface area contributed by atoms with E-state index in [2.05, 4.69) is 114 Å². The number of unbranched alkanes of at least 4 members (excludes halogenated alkanes) is 1. The lowest BCUT2D eigenvalue weighted by Crippen LogP contribution is -1.93. The van der Waals surface area contributed by atoms with E-state index in [-0.39, 0.29) is 0 Å². The van der Waals surface area contributed by atoms with Crippen LogP contribution in [0.3, 0.4) is 0 Å². The number of benzene rings is 3. The lowest BCUT2D eigenvalue weighted by Gasteiger charge is -2.15. The van der Waals surface area contributed by atoms with E-state index < -0.39 is 0 Å². The molecule has 29 heavy (non-hydrogen) atoms. The van der Waals surface area contributed by atoms with Crippen molar-refractivity contribution in [3.05, 3.63) is 108 Å². The van der Waals surface area contributed by atoms with Crippen molar-refractivity contribution in [2.24, 2.45) is 0 Å². The highest BCUT2D eigenvalue weighted by molar-refractivity contribution is 6.10. The number of fused-ring (bicyclic) bond motifs is 1. The van der Waals surface area contributed by atoms with Crippen LogP contribution in [0.25, 0.3) is 21.9 Å².